The lowest BCUT2D eigenvalue weighted by molar-refractivity contribution is 0.0964. The summed E-state index contributed by atoms with van der Waals surface area (Å²) >= 11 is 0. The molecule has 0 unspecified atom stereocenters. The van der Waals surface area contributed by atoms with Gasteiger partial charge in [0.05, 0.1) is 0 Å². The largest absolute Gasteiger partial charge is 0.584 e. The van der Waals surface area contributed by atoms with Crippen LogP contribution in [-0.2, 0) is 17.4 Å². The highest BCUT2D eigenvalue weighted by Gasteiger charge is 2.42. The van der Waals surface area contributed by atoms with Gasteiger partial charge < -0.3 is 9.05 Å². The summed E-state index contributed by atoms with van der Waals surface area (Å²) in [5.41, 5.74) is 14.0. The highest BCUT2D eigenvalue weighted by atomic mass is 31.2. The molecule has 0 saturated carbocycles. The summed E-state index contributed by atoms with van der Waals surface area (Å²) in [7, 11) is -4.87. The summed E-state index contributed by atoms with van der Waals surface area (Å²) in [5, 5.41) is 0. The fraction of sp³-hybridized carbons (Fsp3) is 0.480. The van der Waals surface area contributed by atoms with Crippen LogP contribution in [0.1, 0.15) is 209 Å². The van der Waals surface area contributed by atoms with E-state index in [0.29, 0.717) is 71.9 Å². The molecule has 0 saturated heterocycles. The van der Waals surface area contributed by atoms with E-state index < -0.39 is 7.82 Å². The topological polar surface area (TPSA) is 89.9 Å². The molecular weight excluding hydrogens is 728 g/mol. The van der Waals surface area contributed by atoms with E-state index >= 15 is 0 Å². The minimum atomic E-state index is -4.87. The number of hydrogen-bond acceptors (Lipinski definition) is 5. The van der Waals surface area contributed by atoms with Crippen LogP contribution < -0.4 is 9.05 Å². The number of benzene rings is 4. The van der Waals surface area contributed by atoms with E-state index in [-0.39, 0.29) is 58.6 Å². The zero-order chi connectivity index (χ0) is 41.4. The van der Waals surface area contributed by atoms with Crippen molar-refractivity contribution in [2.45, 2.75) is 157 Å². The molecular formula is C50H61O6P. The van der Waals surface area contributed by atoms with Gasteiger partial charge in [-0.25, -0.2) is 4.57 Å². The molecule has 302 valence electrons. The van der Waals surface area contributed by atoms with Crippen LogP contribution in [0.4, 0.5) is 0 Å². The van der Waals surface area contributed by atoms with Crippen molar-refractivity contribution in [3.63, 3.8) is 0 Å². The lowest BCUT2D eigenvalue weighted by Gasteiger charge is -2.30. The maximum absolute atomic E-state index is 14.8. The van der Waals surface area contributed by atoms with Gasteiger partial charge in [-0.15, -0.1) is 0 Å². The molecule has 0 amide bonds. The van der Waals surface area contributed by atoms with Crippen molar-refractivity contribution in [3.05, 3.63) is 92.0 Å². The molecule has 57 heavy (non-hydrogen) atoms. The van der Waals surface area contributed by atoms with Crippen molar-refractivity contribution in [1.82, 2.24) is 0 Å². The third kappa shape index (κ3) is 7.24. The molecule has 7 rings (SSSR count). The highest BCUT2D eigenvalue weighted by Crippen LogP contribution is 2.63. The normalized spacial score (nSPS) is 16.2. The molecule has 0 aromatic heterocycles. The molecule has 6 nitrogen and oxygen atoms in total. The molecule has 0 atom stereocenters. The Morgan fingerprint density at radius 1 is 0.456 bits per heavy atom. The molecule has 0 spiro atoms. The van der Waals surface area contributed by atoms with Crippen molar-refractivity contribution in [2.75, 3.05) is 0 Å². The summed E-state index contributed by atoms with van der Waals surface area (Å²) in [4.78, 5) is 40.4. The van der Waals surface area contributed by atoms with E-state index in [1.165, 1.54) is 11.1 Å². The van der Waals surface area contributed by atoms with Crippen LogP contribution in [0.2, 0.25) is 0 Å². The summed E-state index contributed by atoms with van der Waals surface area (Å²) in [5.74, 6) is 1.58. The Labute approximate surface area is 340 Å². The van der Waals surface area contributed by atoms with Crippen LogP contribution in [0, 0.1) is 0 Å². The van der Waals surface area contributed by atoms with E-state index in [1.807, 2.05) is 12.1 Å². The Bertz CT molecular complexity index is 2140. The smallest absolute Gasteiger partial charge is 0.394 e. The summed E-state index contributed by atoms with van der Waals surface area (Å²) in [6, 6.07) is 12.9. The second kappa shape index (κ2) is 15.3. The zero-order valence-electron chi connectivity index (χ0n) is 36.1. The first-order chi connectivity index (χ1) is 26.8. The van der Waals surface area contributed by atoms with Gasteiger partial charge >= 0.3 is 7.82 Å². The van der Waals surface area contributed by atoms with Gasteiger partial charge in [-0.05, 0) is 129 Å². The van der Waals surface area contributed by atoms with Gasteiger partial charge in [0.2, 0.25) is 0 Å². The Kier molecular flexibility index (Phi) is 11.1. The van der Waals surface area contributed by atoms with Crippen LogP contribution in [0.3, 0.4) is 0 Å². The number of carbonyl (C=O) groups excluding carboxylic acids is 2. The summed E-state index contributed by atoms with van der Waals surface area (Å²) in [6.45, 7) is 26.1. The minimum Gasteiger partial charge on any atom is -0.394 e. The van der Waals surface area contributed by atoms with Gasteiger partial charge in [0.15, 0.2) is 11.6 Å². The molecule has 2 aliphatic carbocycles. The minimum absolute atomic E-state index is 0.0461. The molecule has 1 N–H and O–H groups in total. The number of phosphoric ester groups is 1. The quantitative estimate of drug-likeness (QED) is 0.179. The first-order valence-corrected chi connectivity index (χ1v) is 22.8. The third-order valence-electron chi connectivity index (χ3n) is 12.5. The van der Waals surface area contributed by atoms with Crippen LogP contribution >= 0.6 is 7.82 Å². The monoisotopic (exact) mass is 788 g/mol. The van der Waals surface area contributed by atoms with Crippen LogP contribution in [0.25, 0.3) is 33.4 Å². The van der Waals surface area contributed by atoms with Crippen molar-refractivity contribution < 1.29 is 28.1 Å². The molecule has 4 aromatic rings. The molecule has 1 aliphatic heterocycles. The summed E-state index contributed by atoms with van der Waals surface area (Å²) < 4.78 is 27.7. The number of hydrogen-bond donors (Lipinski definition) is 1. The van der Waals surface area contributed by atoms with E-state index in [4.69, 9.17) is 9.05 Å². The molecule has 4 aromatic carbocycles. The van der Waals surface area contributed by atoms with Crippen LogP contribution in [0.15, 0.2) is 36.4 Å². The Hall–Kier alpha value is -3.99. The number of ketones is 2. The van der Waals surface area contributed by atoms with Gasteiger partial charge in [0.1, 0.15) is 11.5 Å². The molecule has 0 fully saturated rings. The van der Waals surface area contributed by atoms with E-state index in [2.05, 4.69) is 107 Å². The lowest BCUT2D eigenvalue weighted by atomic mass is 9.74. The average molecular weight is 789 g/mol. The van der Waals surface area contributed by atoms with Gasteiger partial charge in [-0.3, -0.25) is 14.5 Å². The van der Waals surface area contributed by atoms with Gasteiger partial charge in [0.25, 0.3) is 0 Å². The van der Waals surface area contributed by atoms with E-state index in [0.717, 1.165) is 44.5 Å². The Balaban J connectivity index is 1.73. The Morgan fingerprint density at radius 3 is 1.05 bits per heavy atom. The predicted octanol–water partition coefficient (Wildman–Crippen LogP) is 14.3. The second-order valence-electron chi connectivity index (χ2n) is 18.6. The predicted molar refractivity (Wildman–Crippen MR) is 233 cm³/mol. The first kappa shape index (κ1) is 41.2. The van der Waals surface area contributed by atoms with E-state index in [9.17, 15) is 19.0 Å². The van der Waals surface area contributed by atoms with Gasteiger partial charge in [-0.1, -0.05) is 107 Å². The third-order valence-corrected chi connectivity index (χ3v) is 13.3. The molecule has 0 bridgehead atoms. The summed E-state index contributed by atoms with van der Waals surface area (Å²) in [6.07, 6.45) is 3.31. The average Bonchev–Trinajstić information content (AvgIpc) is 3.26. The standard InChI is InChI=1S/C50H61O6P/c1-25(2)31-19-35(27(5)6)45(36(20-31)28(7)8)41-23-39-33(15-13-17-43(39)51)47-48-34-16-14-18-44(52)40(34)24-42(50(48)56-57(53,54)55-49(41)47)46-37(29(9)10)21-32(26(3)4)22-38(46)30(11)12/h19-30H,13-18H2,1-12H3,(H,53,54). The van der Waals surface area contributed by atoms with Crippen molar-refractivity contribution >= 4 is 19.4 Å². The first-order valence-electron chi connectivity index (χ1n) is 21.4. The van der Waals surface area contributed by atoms with Gasteiger partial charge in [-0.2, -0.15) is 0 Å². The molecule has 1 heterocycles. The maximum atomic E-state index is 14.8. The van der Waals surface area contributed by atoms with Crippen LogP contribution in [0.5, 0.6) is 11.5 Å². The molecule has 0 radical (unpaired) electrons. The van der Waals surface area contributed by atoms with Gasteiger partial charge in [0, 0.05) is 46.2 Å². The molecule has 7 heteroatoms. The number of Topliss-reactive ketones (excluding diaryl/α,β-unsaturated/α-hetero) is 2. The van der Waals surface area contributed by atoms with Crippen molar-refractivity contribution in [3.8, 4) is 44.9 Å². The number of rotatable bonds is 8. The fourth-order valence-corrected chi connectivity index (χ4v) is 10.3. The zero-order valence-corrected chi connectivity index (χ0v) is 37.0. The lowest BCUT2D eigenvalue weighted by Crippen LogP contribution is -2.17. The van der Waals surface area contributed by atoms with Crippen molar-refractivity contribution in [2.24, 2.45) is 0 Å². The number of fused-ring (bicyclic) bond motifs is 7. The van der Waals surface area contributed by atoms with Crippen LogP contribution in [-0.4, -0.2) is 16.5 Å². The maximum Gasteiger partial charge on any atom is 0.584 e. The number of phosphoric acid groups is 1. The Morgan fingerprint density at radius 2 is 0.772 bits per heavy atom. The van der Waals surface area contributed by atoms with E-state index in [1.54, 1.807) is 0 Å². The second-order valence-corrected chi connectivity index (χ2v) is 19.9. The fourth-order valence-electron chi connectivity index (χ4n) is 9.42. The molecule has 3 aliphatic rings. The SMILES string of the molecule is CC(C)c1cc(C(C)C)c(-c2cc3c(c4c2OP(=O)(O)Oc2c(-c5c(C(C)C)cc(C(C)C)cc5C(C)C)cc5c(c2-4)CCCC5=O)CCCC3=O)c(C(C)C)c1. The highest BCUT2D eigenvalue weighted by molar-refractivity contribution is 7.48. The van der Waals surface area contributed by atoms with Crippen molar-refractivity contribution in [1.29, 1.82) is 0 Å². The number of carbonyl (C=O) groups is 2.